The fraction of sp³-hybridized carbons (Fsp3) is 0.455. The smallest absolute Gasteiger partial charge is 0.142 e. The van der Waals surface area contributed by atoms with Crippen LogP contribution in [0.5, 0.6) is 11.5 Å². The first kappa shape index (κ1) is 15.9. The third-order valence-electron chi connectivity index (χ3n) is 6.90. The summed E-state index contributed by atoms with van der Waals surface area (Å²) < 4.78 is 11.3. The molecule has 2 N–H and O–H groups in total. The van der Waals surface area contributed by atoms with Crippen molar-refractivity contribution in [2.24, 2.45) is 5.92 Å². The predicted molar refractivity (Wildman–Crippen MR) is 104 cm³/mol. The third kappa shape index (κ3) is 1.96. The maximum atomic E-state index is 5.71. The van der Waals surface area contributed by atoms with E-state index in [0.29, 0.717) is 5.92 Å². The van der Waals surface area contributed by atoms with E-state index in [-0.39, 0.29) is 11.1 Å². The molecule has 0 amide bonds. The summed E-state index contributed by atoms with van der Waals surface area (Å²) in [5.74, 6) is 2.44. The summed E-state index contributed by atoms with van der Waals surface area (Å²) in [6.45, 7) is 0. The van der Waals surface area contributed by atoms with Crippen molar-refractivity contribution < 1.29 is 9.47 Å². The maximum absolute atomic E-state index is 5.71. The Balaban J connectivity index is 1.65. The molecule has 26 heavy (non-hydrogen) atoms. The Bertz CT molecular complexity index is 846. The highest BCUT2D eigenvalue weighted by Gasteiger charge is 2.63. The number of para-hydroxylation sites is 3. The lowest BCUT2D eigenvalue weighted by Crippen LogP contribution is -2.68. The molecule has 0 bridgehead atoms. The molecule has 4 nitrogen and oxygen atoms in total. The average molecular weight is 350 g/mol. The Morgan fingerprint density at radius 2 is 1.73 bits per heavy atom. The lowest BCUT2D eigenvalue weighted by Gasteiger charge is -2.66. The number of methoxy groups -OCH3 is 2. The molecular formula is C22H26N2O2. The molecule has 136 valence electrons. The van der Waals surface area contributed by atoms with Gasteiger partial charge >= 0.3 is 0 Å². The minimum absolute atomic E-state index is 0.0514. The fourth-order valence-electron chi connectivity index (χ4n) is 5.42. The average Bonchev–Trinajstić information content (AvgIpc) is 2.63. The number of hydrogen-bond acceptors (Lipinski definition) is 4. The third-order valence-corrected chi connectivity index (χ3v) is 6.90. The Hall–Kier alpha value is -2.36. The van der Waals surface area contributed by atoms with Crippen LogP contribution in [0.4, 0.5) is 11.4 Å². The van der Waals surface area contributed by atoms with Crippen molar-refractivity contribution in [3.63, 3.8) is 0 Å². The number of rotatable bonds is 4. The van der Waals surface area contributed by atoms with Gasteiger partial charge in [0, 0.05) is 17.0 Å². The van der Waals surface area contributed by atoms with Gasteiger partial charge in [0.2, 0.25) is 0 Å². The number of anilines is 2. The molecule has 2 atom stereocenters. The molecule has 2 saturated carbocycles. The molecule has 1 aliphatic heterocycles. The number of fused-ring (bicyclic) bond motifs is 4. The summed E-state index contributed by atoms with van der Waals surface area (Å²) in [5.41, 5.74) is 3.73. The van der Waals surface area contributed by atoms with Gasteiger partial charge in [-0.3, -0.25) is 0 Å². The van der Waals surface area contributed by atoms with Crippen LogP contribution in [0, 0.1) is 5.92 Å². The minimum atomic E-state index is -0.0514. The number of hydrogen-bond donors (Lipinski definition) is 2. The second-order valence-electron chi connectivity index (χ2n) is 7.91. The molecule has 0 saturated heterocycles. The van der Waals surface area contributed by atoms with Crippen molar-refractivity contribution in [3.05, 3.63) is 48.0 Å². The number of benzene rings is 2. The van der Waals surface area contributed by atoms with Crippen molar-refractivity contribution in [2.75, 3.05) is 24.9 Å². The molecule has 2 aromatic rings. The molecule has 2 aliphatic carbocycles. The normalized spacial score (nSPS) is 27.2. The fourth-order valence-corrected chi connectivity index (χ4v) is 5.42. The van der Waals surface area contributed by atoms with E-state index in [9.17, 15) is 0 Å². The van der Waals surface area contributed by atoms with Gasteiger partial charge in [-0.1, -0.05) is 24.3 Å². The van der Waals surface area contributed by atoms with Gasteiger partial charge in [-0.15, -0.1) is 0 Å². The van der Waals surface area contributed by atoms with Crippen LogP contribution in [0.15, 0.2) is 42.5 Å². The van der Waals surface area contributed by atoms with Gasteiger partial charge in [0.05, 0.1) is 31.1 Å². The van der Waals surface area contributed by atoms with Crippen molar-refractivity contribution in [3.8, 4) is 11.5 Å². The molecule has 0 aromatic heterocycles. The van der Waals surface area contributed by atoms with E-state index < -0.39 is 0 Å². The first-order valence-corrected chi connectivity index (χ1v) is 9.59. The van der Waals surface area contributed by atoms with Gasteiger partial charge in [0.1, 0.15) is 11.5 Å². The van der Waals surface area contributed by atoms with Crippen molar-refractivity contribution in [1.29, 1.82) is 0 Å². The highest BCUT2D eigenvalue weighted by molar-refractivity contribution is 5.72. The van der Waals surface area contributed by atoms with Gasteiger partial charge < -0.3 is 20.1 Å². The molecule has 1 heterocycles. The Morgan fingerprint density at radius 3 is 2.38 bits per heavy atom. The summed E-state index contributed by atoms with van der Waals surface area (Å²) in [5, 5.41) is 7.83. The maximum Gasteiger partial charge on any atom is 0.142 e. The van der Waals surface area contributed by atoms with Crippen LogP contribution in [-0.2, 0) is 5.54 Å². The zero-order valence-corrected chi connectivity index (χ0v) is 15.5. The van der Waals surface area contributed by atoms with Crippen LogP contribution in [-0.4, -0.2) is 19.8 Å². The van der Waals surface area contributed by atoms with Gasteiger partial charge in [-0.05, 0) is 50.3 Å². The summed E-state index contributed by atoms with van der Waals surface area (Å²) >= 11 is 0. The molecule has 0 radical (unpaired) electrons. The van der Waals surface area contributed by atoms with Crippen LogP contribution in [0.3, 0.4) is 0 Å². The van der Waals surface area contributed by atoms with Crippen LogP contribution in [0.1, 0.15) is 37.7 Å². The summed E-state index contributed by atoms with van der Waals surface area (Å²) in [6, 6.07) is 14.7. The van der Waals surface area contributed by atoms with Gasteiger partial charge in [-0.25, -0.2) is 0 Å². The molecular weight excluding hydrogens is 324 g/mol. The second kappa shape index (κ2) is 5.57. The quantitative estimate of drug-likeness (QED) is 0.833. The molecule has 5 rings (SSSR count). The van der Waals surface area contributed by atoms with E-state index in [0.717, 1.165) is 23.6 Å². The van der Waals surface area contributed by atoms with E-state index >= 15 is 0 Å². The molecule has 1 spiro atoms. The van der Waals surface area contributed by atoms with Crippen molar-refractivity contribution in [1.82, 2.24) is 0 Å². The largest absolute Gasteiger partial charge is 0.495 e. The van der Waals surface area contributed by atoms with E-state index in [2.05, 4.69) is 41.0 Å². The monoisotopic (exact) mass is 350 g/mol. The van der Waals surface area contributed by atoms with Crippen LogP contribution < -0.4 is 20.1 Å². The summed E-state index contributed by atoms with van der Waals surface area (Å²) in [7, 11) is 3.50. The number of ether oxygens (including phenoxy) is 2. The van der Waals surface area contributed by atoms with E-state index in [1.54, 1.807) is 14.2 Å². The topological polar surface area (TPSA) is 42.5 Å². The summed E-state index contributed by atoms with van der Waals surface area (Å²) in [4.78, 5) is 0. The molecule has 2 unspecified atom stereocenters. The van der Waals surface area contributed by atoms with Gasteiger partial charge in [-0.2, -0.15) is 0 Å². The lowest BCUT2D eigenvalue weighted by molar-refractivity contribution is 0.0191. The Kier molecular flexibility index (Phi) is 3.40. The molecule has 3 aliphatic rings. The predicted octanol–water partition coefficient (Wildman–Crippen LogP) is 4.77. The first-order chi connectivity index (χ1) is 12.7. The zero-order chi connectivity index (χ0) is 17.8. The molecule has 2 aromatic carbocycles. The zero-order valence-electron chi connectivity index (χ0n) is 15.5. The molecule has 2 fully saturated rings. The van der Waals surface area contributed by atoms with Crippen LogP contribution in [0.25, 0.3) is 0 Å². The Morgan fingerprint density at radius 1 is 0.962 bits per heavy atom. The van der Waals surface area contributed by atoms with E-state index in [4.69, 9.17) is 9.47 Å². The van der Waals surface area contributed by atoms with Gasteiger partial charge in [0.25, 0.3) is 0 Å². The molecule has 4 heteroatoms. The highest BCUT2D eigenvalue weighted by Crippen LogP contribution is 2.64. The second-order valence-corrected chi connectivity index (χ2v) is 7.91. The van der Waals surface area contributed by atoms with Crippen LogP contribution in [0.2, 0.25) is 0 Å². The van der Waals surface area contributed by atoms with E-state index in [1.165, 1.54) is 36.9 Å². The minimum Gasteiger partial charge on any atom is -0.495 e. The summed E-state index contributed by atoms with van der Waals surface area (Å²) in [6.07, 6.45) is 6.18. The number of nitrogens with one attached hydrogen (secondary N) is 2. The van der Waals surface area contributed by atoms with E-state index in [1.807, 2.05) is 12.1 Å². The lowest BCUT2D eigenvalue weighted by atomic mass is 9.48. The first-order valence-electron chi connectivity index (χ1n) is 9.59. The standard InChI is InChI=1S/C22H26N2O2/c1-25-17-9-4-3-8-16(17)23-22-14-11-19(22)21(12-6-13-21)24-20-15(22)7-5-10-18(20)26-2/h3-5,7-10,19,23-24H,6,11-14H2,1-2H3. The van der Waals surface area contributed by atoms with Gasteiger partial charge in [0.15, 0.2) is 0 Å². The highest BCUT2D eigenvalue weighted by atomic mass is 16.5. The SMILES string of the molecule is COc1ccccc1NC12CCC1C1(CCC1)Nc1c(OC)cccc12. The van der Waals surface area contributed by atoms with Crippen molar-refractivity contribution >= 4 is 11.4 Å². The van der Waals surface area contributed by atoms with Crippen LogP contribution >= 0.6 is 0 Å². The Labute approximate surface area is 154 Å². The van der Waals surface area contributed by atoms with Crippen molar-refractivity contribution in [2.45, 2.75) is 43.2 Å².